The van der Waals surface area contributed by atoms with E-state index < -0.39 is 39.8 Å². The number of benzene rings is 1. The molecule has 0 fully saturated rings. The molecular weight excluding hydrogens is 412 g/mol. The minimum atomic E-state index is -4.68. The number of rotatable bonds is 2. The summed E-state index contributed by atoms with van der Waals surface area (Å²) in [6.45, 7) is 0. The second kappa shape index (κ2) is 5.86. The fourth-order valence-corrected chi connectivity index (χ4v) is 5.82. The summed E-state index contributed by atoms with van der Waals surface area (Å²) in [5.41, 5.74) is 0.871. The van der Waals surface area contributed by atoms with Crippen LogP contribution < -0.4 is 0 Å². The second-order valence-corrected chi connectivity index (χ2v) is 8.72. The Bertz CT molecular complexity index is 1220. The van der Waals surface area contributed by atoms with Gasteiger partial charge in [0.2, 0.25) is 10.0 Å². The molecule has 5 rings (SSSR count). The third kappa shape index (κ3) is 2.53. The molecule has 11 heteroatoms. The average Bonchev–Trinajstić information content (AvgIpc) is 3.23. The van der Waals surface area contributed by atoms with Crippen molar-refractivity contribution in [3.63, 3.8) is 0 Å². The van der Waals surface area contributed by atoms with Crippen LogP contribution >= 0.6 is 0 Å². The molecule has 6 nitrogen and oxygen atoms in total. The summed E-state index contributed by atoms with van der Waals surface area (Å²) < 4.78 is 80.9. The zero-order valence-corrected chi connectivity index (χ0v) is 15.3. The number of hydrogen-bond donors (Lipinski definition) is 1. The predicted molar refractivity (Wildman–Crippen MR) is 91.5 cm³/mol. The van der Waals surface area contributed by atoms with E-state index in [0.717, 1.165) is 10.4 Å². The van der Waals surface area contributed by atoms with Crippen LogP contribution in [-0.2, 0) is 22.6 Å². The molecule has 0 unspecified atom stereocenters. The molecule has 1 aromatic carbocycles. The van der Waals surface area contributed by atoms with Crippen molar-refractivity contribution in [2.24, 2.45) is 0 Å². The van der Waals surface area contributed by atoms with Gasteiger partial charge in [0.1, 0.15) is 16.4 Å². The Kier molecular flexibility index (Phi) is 3.69. The highest BCUT2D eigenvalue weighted by Gasteiger charge is 2.52. The topological polar surface area (TPSA) is 79.0 Å². The monoisotopic (exact) mass is 424 g/mol. The highest BCUT2D eigenvalue weighted by atomic mass is 32.2. The molecule has 0 spiro atoms. The highest BCUT2D eigenvalue weighted by Crippen LogP contribution is 2.54. The number of halogens is 4. The van der Waals surface area contributed by atoms with Crippen molar-refractivity contribution in [1.82, 2.24) is 19.5 Å². The standard InChI is InChI=1S/C18H12F4N4O2S/c19-12-3-1-2-10-16(12)14-6-13-11(8-24-25-13)17(10)26(14)29(27,28)9-4-5-15(23-7-9)18(20,21)22/h1-5,7-8,14,17H,6H2,(H,24,25)/t14-,17-/m1/s1. The molecule has 3 aromatic rings. The Labute approximate surface area is 162 Å². The summed E-state index contributed by atoms with van der Waals surface area (Å²) in [6, 6.07) is 4.25. The van der Waals surface area contributed by atoms with E-state index in [-0.39, 0.29) is 16.9 Å². The minimum Gasteiger partial charge on any atom is -0.282 e. The largest absolute Gasteiger partial charge is 0.433 e. The summed E-state index contributed by atoms with van der Waals surface area (Å²) >= 11 is 0. The molecule has 0 amide bonds. The minimum absolute atomic E-state index is 0.174. The van der Waals surface area contributed by atoms with Crippen molar-refractivity contribution in [2.75, 3.05) is 0 Å². The molecule has 29 heavy (non-hydrogen) atoms. The summed E-state index contributed by atoms with van der Waals surface area (Å²) in [6.07, 6.45) is -2.34. The van der Waals surface area contributed by atoms with Gasteiger partial charge in [0.15, 0.2) is 0 Å². The molecular formula is C18H12F4N4O2S. The maximum Gasteiger partial charge on any atom is 0.433 e. The molecule has 2 aliphatic heterocycles. The number of fused-ring (bicyclic) bond motifs is 7. The number of hydrogen-bond acceptors (Lipinski definition) is 4. The predicted octanol–water partition coefficient (Wildman–Crippen LogP) is 3.35. The van der Waals surface area contributed by atoms with Crippen LogP contribution in [0.3, 0.4) is 0 Å². The van der Waals surface area contributed by atoms with Crippen LogP contribution in [0.5, 0.6) is 0 Å². The molecule has 0 aliphatic carbocycles. The first kappa shape index (κ1) is 18.3. The average molecular weight is 424 g/mol. The summed E-state index contributed by atoms with van der Waals surface area (Å²) in [4.78, 5) is 2.87. The van der Waals surface area contributed by atoms with Crippen LogP contribution in [0.15, 0.2) is 47.6 Å². The first-order chi connectivity index (χ1) is 13.7. The number of nitrogens with zero attached hydrogens (tertiary/aromatic N) is 3. The number of aromatic amines is 1. The third-order valence-electron chi connectivity index (χ3n) is 5.32. The Morgan fingerprint density at radius 3 is 2.59 bits per heavy atom. The zero-order valence-electron chi connectivity index (χ0n) is 14.5. The number of H-pyrrole nitrogens is 1. The molecule has 0 saturated heterocycles. The number of sulfonamides is 1. The van der Waals surface area contributed by atoms with Crippen LogP contribution in [0, 0.1) is 5.82 Å². The number of pyridine rings is 1. The van der Waals surface area contributed by atoms with E-state index in [4.69, 9.17) is 0 Å². The van der Waals surface area contributed by atoms with Gasteiger partial charge in [0.25, 0.3) is 0 Å². The van der Waals surface area contributed by atoms with E-state index in [2.05, 4.69) is 15.2 Å². The van der Waals surface area contributed by atoms with E-state index in [0.29, 0.717) is 29.1 Å². The van der Waals surface area contributed by atoms with Crippen molar-refractivity contribution in [3.8, 4) is 0 Å². The molecule has 2 aliphatic rings. The van der Waals surface area contributed by atoms with Gasteiger partial charge in [-0.1, -0.05) is 12.1 Å². The van der Waals surface area contributed by atoms with E-state index in [1.54, 1.807) is 6.07 Å². The van der Waals surface area contributed by atoms with Crippen LogP contribution in [0.1, 0.15) is 40.2 Å². The quantitative estimate of drug-likeness (QED) is 0.640. The molecule has 2 atom stereocenters. The lowest BCUT2D eigenvalue weighted by atomic mass is 10.0. The Balaban J connectivity index is 1.66. The highest BCUT2D eigenvalue weighted by molar-refractivity contribution is 7.89. The molecule has 2 bridgehead atoms. The second-order valence-electron chi connectivity index (χ2n) is 6.88. The smallest absolute Gasteiger partial charge is 0.282 e. The van der Waals surface area contributed by atoms with E-state index >= 15 is 0 Å². The number of aromatic nitrogens is 3. The van der Waals surface area contributed by atoms with Crippen LogP contribution in [-0.4, -0.2) is 27.9 Å². The van der Waals surface area contributed by atoms with Crippen molar-refractivity contribution in [1.29, 1.82) is 0 Å². The molecule has 2 aromatic heterocycles. The summed E-state index contributed by atoms with van der Waals surface area (Å²) in [5.74, 6) is -0.529. The SMILES string of the molecule is O=S(=O)(c1ccc(C(F)(F)F)nc1)N1[C@H]2c3cn[nH]c3C[C@@H]1c1c(F)cccc12. The van der Waals surface area contributed by atoms with Gasteiger partial charge >= 0.3 is 6.18 Å². The van der Waals surface area contributed by atoms with Gasteiger partial charge in [-0.25, -0.2) is 12.8 Å². The summed E-state index contributed by atoms with van der Waals surface area (Å²) in [7, 11) is -4.27. The normalized spacial score (nSPS) is 21.1. The van der Waals surface area contributed by atoms with Gasteiger partial charge in [-0.05, 0) is 23.8 Å². The lowest BCUT2D eigenvalue weighted by Crippen LogP contribution is -2.37. The van der Waals surface area contributed by atoms with Gasteiger partial charge in [0.05, 0.1) is 18.3 Å². The lowest BCUT2D eigenvalue weighted by molar-refractivity contribution is -0.141. The summed E-state index contributed by atoms with van der Waals surface area (Å²) in [5, 5.41) is 6.79. The van der Waals surface area contributed by atoms with Gasteiger partial charge < -0.3 is 0 Å². The lowest BCUT2D eigenvalue weighted by Gasteiger charge is -2.33. The first-order valence-electron chi connectivity index (χ1n) is 8.57. The van der Waals surface area contributed by atoms with Crippen molar-refractivity contribution < 1.29 is 26.0 Å². The molecule has 4 heterocycles. The third-order valence-corrected chi connectivity index (χ3v) is 7.18. The number of nitrogens with one attached hydrogen (secondary N) is 1. The van der Waals surface area contributed by atoms with E-state index in [9.17, 15) is 26.0 Å². The Hall–Kier alpha value is -2.79. The molecule has 150 valence electrons. The maximum atomic E-state index is 14.6. The van der Waals surface area contributed by atoms with Crippen LogP contribution in [0.25, 0.3) is 0 Å². The fourth-order valence-electron chi connectivity index (χ4n) is 4.13. The Morgan fingerprint density at radius 1 is 1.10 bits per heavy atom. The van der Waals surface area contributed by atoms with Crippen molar-refractivity contribution in [3.05, 3.63) is 76.6 Å². The van der Waals surface area contributed by atoms with Gasteiger partial charge in [-0.2, -0.15) is 22.6 Å². The van der Waals surface area contributed by atoms with Gasteiger partial charge in [-0.15, -0.1) is 0 Å². The number of alkyl halides is 3. The first-order valence-corrected chi connectivity index (χ1v) is 10.0. The van der Waals surface area contributed by atoms with E-state index in [1.807, 2.05) is 0 Å². The van der Waals surface area contributed by atoms with Crippen LogP contribution in [0.2, 0.25) is 0 Å². The Morgan fingerprint density at radius 2 is 1.90 bits per heavy atom. The molecule has 0 saturated carbocycles. The van der Waals surface area contributed by atoms with Crippen LogP contribution in [0.4, 0.5) is 17.6 Å². The van der Waals surface area contributed by atoms with Crippen molar-refractivity contribution in [2.45, 2.75) is 29.6 Å². The zero-order chi connectivity index (χ0) is 20.6. The van der Waals surface area contributed by atoms with Gasteiger partial charge in [-0.3, -0.25) is 10.1 Å². The maximum absolute atomic E-state index is 14.6. The molecule has 1 N–H and O–H groups in total. The van der Waals surface area contributed by atoms with Crippen molar-refractivity contribution >= 4 is 10.0 Å². The molecule has 0 radical (unpaired) electrons. The van der Waals surface area contributed by atoms with E-state index in [1.165, 1.54) is 18.3 Å². The fraction of sp³-hybridized carbons (Fsp3) is 0.222. The van der Waals surface area contributed by atoms with Gasteiger partial charge in [0, 0.05) is 29.4 Å².